The van der Waals surface area contributed by atoms with E-state index in [1.54, 1.807) is 11.1 Å². The molecular weight excluding hydrogens is 423 g/mol. The first kappa shape index (κ1) is 21.1. The summed E-state index contributed by atoms with van der Waals surface area (Å²) in [5.74, 6) is -0.843. The Hall–Kier alpha value is -2.23. The van der Waals surface area contributed by atoms with Crippen molar-refractivity contribution in [2.75, 3.05) is 18.5 Å². The minimum atomic E-state index is -0.947. The number of likely N-dealkylation sites (tertiary alicyclic amines) is 1. The van der Waals surface area contributed by atoms with Crippen molar-refractivity contribution >= 4 is 39.6 Å². The van der Waals surface area contributed by atoms with Gasteiger partial charge in [0.25, 0.3) is 0 Å². The Kier molecular flexibility index (Phi) is 6.74. The highest BCUT2D eigenvalue weighted by molar-refractivity contribution is 9.10. The number of nitro benzene ring substituents is 1. The maximum Gasteiger partial charge on any atom is 0.410 e. The Morgan fingerprint density at radius 3 is 2.63 bits per heavy atom. The summed E-state index contributed by atoms with van der Waals surface area (Å²) in [6.07, 6.45) is 2.68. The van der Waals surface area contributed by atoms with E-state index in [9.17, 15) is 19.3 Å². The molecule has 27 heavy (non-hydrogen) atoms. The first-order valence-electron chi connectivity index (χ1n) is 8.47. The second kappa shape index (κ2) is 8.64. The van der Waals surface area contributed by atoms with Gasteiger partial charge in [0, 0.05) is 23.8 Å². The molecule has 1 heterocycles. The molecule has 0 unspecified atom stereocenters. The summed E-state index contributed by atoms with van der Waals surface area (Å²) in [5.41, 5.74) is 1.32. The highest BCUT2D eigenvalue weighted by Gasteiger charge is 2.26. The largest absolute Gasteiger partial charge is 0.444 e. The number of anilines is 1. The molecule has 0 atom stereocenters. The number of hydrazone groups is 1. The smallest absolute Gasteiger partial charge is 0.410 e. The van der Waals surface area contributed by atoms with Gasteiger partial charge >= 0.3 is 11.8 Å². The Morgan fingerprint density at radius 2 is 2.07 bits per heavy atom. The van der Waals surface area contributed by atoms with Crippen LogP contribution < -0.4 is 5.43 Å². The van der Waals surface area contributed by atoms with Gasteiger partial charge in [0.2, 0.25) is 5.82 Å². The number of ether oxygens (including phenoxy) is 1. The molecule has 0 saturated carbocycles. The average molecular weight is 445 g/mol. The SMILES string of the molecule is CC(C)(C)OC(=O)N1CCC(/C=N/Nc2cc(Br)cc(F)c2[N+](=O)[O-])CC1. The minimum absolute atomic E-state index is 0.0330. The zero-order chi connectivity index (χ0) is 20.2. The summed E-state index contributed by atoms with van der Waals surface area (Å²) in [6.45, 7) is 6.54. The molecule has 0 bridgehead atoms. The van der Waals surface area contributed by atoms with E-state index in [4.69, 9.17) is 4.74 Å². The number of hydrogen-bond donors (Lipinski definition) is 1. The molecule has 1 N–H and O–H groups in total. The van der Waals surface area contributed by atoms with Crippen molar-refractivity contribution in [2.24, 2.45) is 11.0 Å². The highest BCUT2D eigenvalue weighted by atomic mass is 79.9. The number of nitrogens with one attached hydrogen (secondary N) is 1. The molecule has 1 amide bonds. The van der Waals surface area contributed by atoms with Crippen molar-refractivity contribution in [3.05, 3.63) is 32.5 Å². The molecule has 1 fully saturated rings. The Labute approximate surface area is 165 Å². The Balaban J connectivity index is 1.92. The summed E-state index contributed by atoms with van der Waals surface area (Å²) in [6, 6.07) is 2.42. The summed E-state index contributed by atoms with van der Waals surface area (Å²) in [7, 11) is 0. The van der Waals surface area contributed by atoms with E-state index < -0.39 is 22.0 Å². The number of piperidine rings is 1. The molecular formula is C17H22BrFN4O4. The van der Waals surface area contributed by atoms with Gasteiger partial charge in [0.15, 0.2) is 0 Å². The van der Waals surface area contributed by atoms with E-state index >= 15 is 0 Å². The molecule has 2 rings (SSSR count). The van der Waals surface area contributed by atoms with Crippen LogP contribution in [0.3, 0.4) is 0 Å². The van der Waals surface area contributed by atoms with E-state index in [-0.39, 0.29) is 17.7 Å². The van der Waals surface area contributed by atoms with Gasteiger partial charge in [-0.15, -0.1) is 0 Å². The van der Waals surface area contributed by atoms with E-state index in [0.29, 0.717) is 30.4 Å². The van der Waals surface area contributed by atoms with Crippen molar-refractivity contribution < 1.29 is 18.8 Å². The van der Waals surface area contributed by atoms with Gasteiger partial charge in [0.1, 0.15) is 11.3 Å². The van der Waals surface area contributed by atoms with Gasteiger partial charge in [-0.1, -0.05) is 15.9 Å². The minimum Gasteiger partial charge on any atom is -0.444 e. The van der Waals surface area contributed by atoms with Crippen molar-refractivity contribution in [1.29, 1.82) is 0 Å². The Morgan fingerprint density at radius 1 is 1.44 bits per heavy atom. The number of benzene rings is 1. The third kappa shape index (κ3) is 6.16. The van der Waals surface area contributed by atoms with Crippen LogP contribution in [-0.4, -0.2) is 40.8 Å². The number of hydrogen-bond acceptors (Lipinski definition) is 6. The number of nitro groups is 1. The Bertz CT molecular complexity index is 743. The normalized spacial score (nSPS) is 15.8. The summed E-state index contributed by atoms with van der Waals surface area (Å²) < 4.78 is 19.5. The van der Waals surface area contributed by atoms with Crippen LogP contribution in [0.2, 0.25) is 0 Å². The zero-order valence-corrected chi connectivity index (χ0v) is 17.0. The van der Waals surface area contributed by atoms with Crippen LogP contribution in [0.25, 0.3) is 0 Å². The van der Waals surface area contributed by atoms with Gasteiger partial charge in [-0.3, -0.25) is 15.5 Å². The fraction of sp³-hybridized carbons (Fsp3) is 0.529. The molecule has 148 valence electrons. The fourth-order valence-electron chi connectivity index (χ4n) is 2.61. The lowest BCUT2D eigenvalue weighted by molar-refractivity contribution is -0.386. The van der Waals surface area contributed by atoms with Crippen LogP contribution in [0, 0.1) is 21.8 Å². The topological polar surface area (TPSA) is 97.1 Å². The molecule has 1 saturated heterocycles. The quantitative estimate of drug-likeness (QED) is 0.417. The number of halogens is 2. The van der Waals surface area contributed by atoms with E-state index in [2.05, 4.69) is 26.5 Å². The maximum absolute atomic E-state index is 13.8. The lowest BCUT2D eigenvalue weighted by Crippen LogP contribution is -2.42. The lowest BCUT2D eigenvalue weighted by atomic mass is 9.99. The molecule has 0 radical (unpaired) electrons. The van der Waals surface area contributed by atoms with Crippen LogP contribution in [-0.2, 0) is 4.74 Å². The molecule has 1 aromatic carbocycles. The zero-order valence-electron chi connectivity index (χ0n) is 15.4. The first-order chi connectivity index (χ1) is 12.6. The third-order valence-electron chi connectivity index (χ3n) is 3.87. The predicted molar refractivity (Wildman–Crippen MR) is 103 cm³/mol. The first-order valence-corrected chi connectivity index (χ1v) is 9.26. The second-order valence-electron chi connectivity index (χ2n) is 7.24. The number of carbonyl (C=O) groups is 1. The van der Waals surface area contributed by atoms with Gasteiger partial charge < -0.3 is 9.64 Å². The molecule has 8 nitrogen and oxygen atoms in total. The van der Waals surface area contributed by atoms with Crippen LogP contribution in [0.1, 0.15) is 33.6 Å². The van der Waals surface area contributed by atoms with Crippen molar-refractivity contribution in [2.45, 2.75) is 39.2 Å². The lowest BCUT2D eigenvalue weighted by Gasteiger charge is -2.32. The molecule has 0 aromatic heterocycles. The van der Waals surface area contributed by atoms with Gasteiger partial charge in [-0.05, 0) is 51.7 Å². The molecule has 1 aliphatic heterocycles. The van der Waals surface area contributed by atoms with Crippen LogP contribution >= 0.6 is 15.9 Å². The monoisotopic (exact) mass is 444 g/mol. The van der Waals surface area contributed by atoms with E-state index in [1.165, 1.54) is 6.07 Å². The van der Waals surface area contributed by atoms with Gasteiger partial charge in [-0.25, -0.2) is 4.79 Å². The van der Waals surface area contributed by atoms with Gasteiger partial charge in [0.05, 0.1) is 4.92 Å². The van der Waals surface area contributed by atoms with Crippen LogP contribution in [0.5, 0.6) is 0 Å². The van der Waals surface area contributed by atoms with Crippen LogP contribution in [0.15, 0.2) is 21.7 Å². The summed E-state index contributed by atoms with van der Waals surface area (Å²) in [5, 5.41) is 15.0. The van der Waals surface area contributed by atoms with E-state index in [0.717, 1.165) is 6.07 Å². The van der Waals surface area contributed by atoms with Gasteiger partial charge in [-0.2, -0.15) is 9.49 Å². The van der Waals surface area contributed by atoms with Crippen LogP contribution in [0.4, 0.5) is 20.6 Å². The van der Waals surface area contributed by atoms with Crippen molar-refractivity contribution in [1.82, 2.24) is 4.90 Å². The van der Waals surface area contributed by atoms with Crippen molar-refractivity contribution in [3.63, 3.8) is 0 Å². The third-order valence-corrected chi connectivity index (χ3v) is 4.33. The standard InChI is InChI=1S/C17H22BrFN4O4/c1-17(2,3)27-16(24)22-6-4-11(5-7-22)10-20-21-14-9-12(18)8-13(19)15(14)23(25)26/h8-11,21H,4-7H2,1-3H3/b20-10+. The molecule has 1 aliphatic rings. The molecule has 0 spiro atoms. The molecule has 0 aliphatic carbocycles. The van der Waals surface area contributed by atoms with E-state index in [1.807, 2.05) is 20.8 Å². The second-order valence-corrected chi connectivity index (χ2v) is 8.15. The average Bonchev–Trinajstić information content (AvgIpc) is 2.52. The number of rotatable bonds is 4. The fourth-order valence-corrected chi connectivity index (χ4v) is 3.04. The number of carbonyl (C=O) groups excluding carboxylic acids is 1. The molecule has 10 heteroatoms. The number of amides is 1. The maximum atomic E-state index is 13.8. The number of nitrogens with zero attached hydrogens (tertiary/aromatic N) is 3. The highest BCUT2D eigenvalue weighted by Crippen LogP contribution is 2.31. The predicted octanol–water partition coefficient (Wildman–Crippen LogP) is 4.54. The summed E-state index contributed by atoms with van der Waals surface area (Å²) >= 11 is 3.10. The summed E-state index contributed by atoms with van der Waals surface area (Å²) in [4.78, 5) is 23.9. The molecule has 1 aromatic rings. The van der Waals surface area contributed by atoms with Crippen molar-refractivity contribution in [3.8, 4) is 0 Å².